The van der Waals surface area contributed by atoms with Crippen LogP contribution in [-0.4, -0.2) is 22.8 Å². The van der Waals surface area contributed by atoms with Crippen LogP contribution in [0.25, 0.3) is 11.1 Å². The normalized spacial score (nSPS) is 17.2. The highest BCUT2D eigenvalue weighted by Gasteiger charge is 2.45. The van der Waals surface area contributed by atoms with Crippen LogP contribution < -0.4 is 10.1 Å². The Bertz CT molecular complexity index is 1160. The number of halogens is 1. The van der Waals surface area contributed by atoms with E-state index in [9.17, 15) is 5.11 Å². The lowest BCUT2D eigenvalue weighted by Gasteiger charge is -2.23. The van der Waals surface area contributed by atoms with Gasteiger partial charge in [-0.15, -0.1) is 0 Å². The second kappa shape index (κ2) is 10.7. The van der Waals surface area contributed by atoms with Crippen molar-refractivity contribution < 1.29 is 9.84 Å². The van der Waals surface area contributed by atoms with E-state index in [1.54, 1.807) is 0 Å². The molecule has 35 heavy (non-hydrogen) atoms. The van der Waals surface area contributed by atoms with E-state index in [2.05, 4.69) is 53.6 Å². The highest BCUT2D eigenvalue weighted by molar-refractivity contribution is 6.31. The molecule has 0 bridgehead atoms. The van der Waals surface area contributed by atoms with Crippen molar-refractivity contribution in [3.63, 3.8) is 0 Å². The molecule has 4 nitrogen and oxygen atoms in total. The van der Waals surface area contributed by atoms with Gasteiger partial charge in [0.2, 0.25) is 0 Å². The lowest BCUT2D eigenvalue weighted by Crippen LogP contribution is -2.29. The summed E-state index contributed by atoms with van der Waals surface area (Å²) >= 11 is 6.61. The molecule has 1 unspecified atom stereocenters. The molecule has 2 aliphatic carbocycles. The molecule has 0 radical (unpaired) electrons. The average molecular weight is 491 g/mol. The molecule has 3 aromatic rings. The van der Waals surface area contributed by atoms with Crippen molar-refractivity contribution in [3.8, 4) is 16.9 Å². The molecule has 5 heteroatoms. The quantitative estimate of drug-likeness (QED) is 0.287. The lowest BCUT2D eigenvalue weighted by atomic mass is 9.92. The number of benzene rings is 2. The maximum atomic E-state index is 9.94. The average Bonchev–Trinajstić information content (AvgIpc) is 3.82. The van der Waals surface area contributed by atoms with Crippen molar-refractivity contribution in [1.82, 2.24) is 10.3 Å². The van der Waals surface area contributed by atoms with Gasteiger partial charge in [0.15, 0.2) is 0 Å². The van der Waals surface area contributed by atoms with Crippen LogP contribution in [-0.2, 0) is 12.1 Å². The summed E-state index contributed by atoms with van der Waals surface area (Å²) in [6.45, 7) is 3.02. The summed E-state index contributed by atoms with van der Waals surface area (Å²) < 4.78 is 6.24. The van der Waals surface area contributed by atoms with Gasteiger partial charge in [-0.05, 0) is 72.6 Å². The maximum Gasteiger partial charge on any atom is 0.127 e. The third kappa shape index (κ3) is 5.55. The number of unbranched alkanes of at least 4 members (excludes halogenated alkanes) is 1. The summed E-state index contributed by atoms with van der Waals surface area (Å²) in [6, 6.07) is 16.7. The first-order chi connectivity index (χ1) is 17.1. The smallest absolute Gasteiger partial charge is 0.127 e. The number of ether oxygens (including phenoxy) is 1. The predicted molar refractivity (Wildman–Crippen MR) is 142 cm³/mol. The van der Waals surface area contributed by atoms with Crippen LogP contribution in [0.4, 0.5) is 0 Å². The second-order valence-electron chi connectivity index (χ2n) is 10.0. The van der Waals surface area contributed by atoms with Gasteiger partial charge >= 0.3 is 0 Å². The third-order valence-electron chi connectivity index (χ3n) is 7.37. The minimum absolute atomic E-state index is 0.117. The van der Waals surface area contributed by atoms with Gasteiger partial charge in [-0.2, -0.15) is 0 Å². The Hall–Kier alpha value is -2.40. The molecule has 184 valence electrons. The van der Waals surface area contributed by atoms with Crippen molar-refractivity contribution in [2.75, 3.05) is 6.61 Å². The predicted octanol–water partition coefficient (Wildman–Crippen LogP) is 6.99. The zero-order valence-corrected chi connectivity index (χ0v) is 21.2. The standard InChI is InChI=1S/C30H35ClN2O2/c1-2-3-6-22(20-34)21-9-12-28(31)23(17-21)18-33-30(14-15-30)27-19-32-16-13-25(27)26-7-4-5-8-29(26)35-24-10-11-24/h4-5,7-9,12-13,16-17,19,22,24,33-34H,2-3,6,10-11,14-15,18,20H2,1H3. The van der Waals surface area contributed by atoms with Crippen LogP contribution >= 0.6 is 11.6 Å². The van der Waals surface area contributed by atoms with Crippen LogP contribution in [0.3, 0.4) is 0 Å². The molecular formula is C30H35ClN2O2. The molecule has 0 spiro atoms. The fourth-order valence-corrected chi connectivity index (χ4v) is 5.08. The van der Waals surface area contributed by atoms with E-state index in [1.165, 1.54) is 16.7 Å². The zero-order chi connectivity index (χ0) is 24.3. The summed E-state index contributed by atoms with van der Waals surface area (Å²) in [5.41, 5.74) is 5.66. The summed E-state index contributed by atoms with van der Waals surface area (Å²) in [5, 5.41) is 14.5. The molecule has 2 aromatic carbocycles. The number of hydrogen-bond donors (Lipinski definition) is 2. The molecule has 5 rings (SSSR count). The van der Waals surface area contributed by atoms with Crippen LogP contribution in [0, 0.1) is 0 Å². The van der Waals surface area contributed by atoms with Crippen LogP contribution in [0.1, 0.15) is 74.5 Å². The third-order valence-corrected chi connectivity index (χ3v) is 7.74. The topological polar surface area (TPSA) is 54.4 Å². The van der Waals surface area contributed by atoms with E-state index in [0.717, 1.165) is 66.8 Å². The molecule has 2 fully saturated rings. The highest BCUT2D eigenvalue weighted by Crippen LogP contribution is 2.50. The molecule has 2 aliphatic rings. The van der Waals surface area contributed by atoms with Crippen molar-refractivity contribution >= 4 is 11.6 Å². The van der Waals surface area contributed by atoms with E-state index >= 15 is 0 Å². The van der Waals surface area contributed by atoms with E-state index in [1.807, 2.05) is 24.5 Å². The molecule has 1 atom stereocenters. The Morgan fingerprint density at radius 2 is 1.97 bits per heavy atom. The number of nitrogens with zero attached hydrogens (tertiary/aromatic N) is 1. The minimum Gasteiger partial charge on any atom is -0.490 e. The molecule has 0 amide bonds. The van der Waals surface area contributed by atoms with E-state index in [-0.39, 0.29) is 18.1 Å². The van der Waals surface area contributed by atoms with Crippen molar-refractivity contribution in [2.45, 2.75) is 76.0 Å². The fourth-order valence-electron chi connectivity index (χ4n) is 4.90. The van der Waals surface area contributed by atoms with Gasteiger partial charge < -0.3 is 15.2 Å². The molecular weight excluding hydrogens is 456 g/mol. The molecule has 2 N–H and O–H groups in total. The number of hydrogen-bond acceptors (Lipinski definition) is 4. The summed E-state index contributed by atoms with van der Waals surface area (Å²) in [5.74, 6) is 1.12. The fraction of sp³-hybridized carbons (Fsp3) is 0.433. The van der Waals surface area contributed by atoms with Crippen LogP contribution in [0.15, 0.2) is 60.9 Å². The lowest BCUT2D eigenvalue weighted by molar-refractivity contribution is 0.257. The van der Waals surface area contributed by atoms with Gasteiger partial charge in [0.25, 0.3) is 0 Å². The molecule has 0 aliphatic heterocycles. The summed E-state index contributed by atoms with van der Waals surface area (Å²) in [4.78, 5) is 4.49. The first-order valence-corrected chi connectivity index (χ1v) is 13.4. The van der Waals surface area contributed by atoms with Gasteiger partial charge in [0, 0.05) is 47.6 Å². The zero-order valence-electron chi connectivity index (χ0n) is 20.5. The largest absolute Gasteiger partial charge is 0.490 e. The maximum absolute atomic E-state index is 9.94. The highest BCUT2D eigenvalue weighted by atomic mass is 35.5. The van der Waals surface area contributed by atoms with Gasteiger partial charge in [0.1, 0.15) is 5.75 Å². The monoisotopic (exact) mass is 490 g/mol. The van der Waals surface area contributed by atoms with Crippen LogP contribution in [0.5, 0.6) is 5.75 Å². The number of aliphatic hydroxyl groups is 1. The van der Waals surface area contributed by atoms with E-state index in [0.29, 0.717) is 12.6 Å². The first-order valence-electron chi connectivity index (χ1n) is 13.0. The van der Waals surface area contributed by atoms with Gasteiger partial charge in [-0.3, -0.25) is 4.98 Å². The molecule has 2 saturated carbocycles. The van der Waals surface area contributed by atoms with Gasteiger partial charge in [-0.25, -0.2) is 0 Å². The number of para-hydroxylation sites is 1. The number of rotatable bonds is 12. The number of aliphatic hydroxyl groups excluding tert-OH is 1. The molecule has 0 saturated heterocycles. The Morgan fingerprint density at radius 3 is 2.71 bits per heavy atom. The first kappa shape index (κ1) is 24.3. The molecule has 1 heterocycles. The van der Waals surface area contributed by atoms with E-state index < -0.39 is 0 Å². The van der Waals surface area contributed by atoms with Crippen molar-refractivity contribution in [2.24, 2.45) is 0 Å². The Morgan fingerprint density at radius 1 is 1.14 bits per heavy atom. The SMILES string of the molecule is CCCCC(CO)c1ccc(Cl)c(CNC2(c3cnccc3-c3ccccc3OC3CC3)CC2)c1. The number of pyridine rings is 1. The van der Waals surface area contributed by atoms with Crippen molar-refractivity contribution in [3.05, 3.63) is 82.6 Å². The van der Waals surface area contributed by atoms with Crippen LogP contribution in [0.2, 0.25) is 5.02 Å². The Balaban J connectivity index is 1.38. The van der Waals surface area contributed by atoms with E-state index in [4.69, 9.17) is 16.3 Å². The van der Waals surface area contributed by atoms with Gasteiger partial charge in [-0.1, -0.05) is 61.7 Å². The Kier molecular flexibility index (Phi) is 7.43. The number of aromatic nitrogens is 1. The number of nitrogens with one attached hydrogen (secondary N) is 1. The Labute approximate surface area is 213 Å². The summed E-state index contributed by atoms with van der Waals surface area (Å²) in [6.07, 6.45) is 11.9. The summed E-state index contributed by atoms with van der Waals surface area (Å²) in [7, 11) is 0. The van der Waals surface area contributed by atoms with Crippen molar-refractivity contribution in [1.29, 1.82) is 0 Å². The minimum atomic E-state index is -0.117. The second-order valence-corrected chi connectivity index (χ2v) is 10.5. The molecule has 1 aromatic heterocycles. The van der Waals surface area contributed by atoms with Gasteiger partial charge in [0.05, 0.1) is 6.10 Å².